The second kappa shape index (κ2) is 4.46. The van der Waals surface area contributed by atoms with Crippen LogP contribution in [0.15, 0.2) is 28.0 Å². The van der Waals surface area contributed by atoms with E-state index in [4.69, 9.17) is 27.6 Å². The van der Waals surface area contributed by atoms with Gasteiger partial charge >= 0.3 is 11.3 Å². The normalized spacial score (nSPS) is 18.6. The van der Waals surface area contributed by atoms with E-state index in [0.29, 0.717) is 27.9 Å². The molecule has 0 saturated carbocycles. The lowest BCUT2D eigenvalue weighted by molar-refractivity contribution is 0.384. The van der Waals surface area contributed by atoms with Crippen molar-refractivity contribution in [2.75, 3.05) is 0 Å². The molecule has 0 spiro atoms. The summed E-state index contributed by atoms with van der Waals surface area (Å²) in [6.07, 6.45) is 1.97. The molecule has 3 rings (SSSR count). The Kier molecular flexibility index (Phi) is 2.93. The highest BCUT2D eigenvalue weighted by atomic mass is 35.5. The van der Waals surface area contributed by atoms with Gasteiger partial charge in [0.25, 0.3) is 0 Å². The van der Waals surface area contributed by atoms with Crippen molar-refractivity contribution in [3.8, 4) is 0 Å². The molecule has 8 heteroatoms. The molecule has 0 aliphatic carbocycles. The average Bonchev–Trinajstić information content (AvgIpc) is 2.87. The van der Waals surface area contributed by atoms with Gasteiger partial charge in [0.1, 0.15) is 0 Å². The van der Waals surface area contributed by atoms with Crippen molar-refractivity contribution in [1.29, 1.82) is 0 Å². The van der Waals surface area contributed by atoms with Crippen LogP contribution in [0.1, 0.15) is 5.56 Å². The van der Waals surface area contributed by atoms with Crippen LogP contribution in [0.3, 0.4) is 0 Å². The Morgan fingerprint density at radius 1 is 1.39 bits per heavy atom. The van der Waals surface area contributed by atoms with E-state index in [1.165, 1.54) is 0 Å². The van der Waals surface area contributed by atoms with Crippen LogP contribution >= 0.6 is 23.2 Å². The minimum Gasteiger partial charge on any atom is -0.462 e. The van der Waals surface area contributed by atoms with Crippen molar-refractivity contribution < 1.29 is 12.9 Å². The number of nitrogens with one attached hydrogen (secondary N) is 1. The van der Waals surface area contributed by atoms with Crippen molar-refractivity contribution >= 4 is 51.3 Å². The van der Waals surface area contributed by atoms with Crippen LogP contribution < -0.4 is 4.72 Å². The molecular formula is C10H6Cl2N2O3S. The fourth-order valence-corrected chi connectivity index (χ4v) is 2.74. The molecule has 2 aromatic rings. The van der Waals surface area contributed by atoms with E-state index in [2.05, 4.69) is 14.2 Å². The number of rotatable bonds is 2. The first kappa shape index (κ1) is 11.8. The van der Waals surface area contributed by atoms with Gasteiger partial charge in [0.2, 0.25) is 0 Å². The summed E-state index contributed by atoms with van der Waals surface area (Å²) in [5, 5.41) is 5.41. The van der Waals surface area contributed by atoms with Gasteiger partial charge in [0, 0.05) is 22.4 Å². The third kappa shape index (κ3) is 2.07. The predicted octanol–water partition coefficient (Wildman–Crippen LogP) is 2.79. The molecule has 0 amide bonds. The molecule has 94 valence electrons. The average molecular weight is 305 g/mol. The number of hydrogen-bond donors (Lipinski definition) is 1. The largest absolute Gasteiger partial charge is 0.462 e. The molecule has 0 bridgehead atoms. The fourth-order valence-electron chi connectivity index (χ4n) is 1.71. The van der Waals surface area contributed by atoms with Gasteiger partial charge in [-0.05, 0) is 12.1 Å². The van der Waals surface area contributed by atoms with Crippen molar-refractivity contribution in [2.45, 2.75) is 6.42 Å². The molecule has 1 unspecified atom stereocenters. The van der Waals surface area contributed by atoms with Crippen LogP contribution in [0.25, 0.3) is 11.0 Å². The second-order valence-electron chi connectivity index (χ2n) is 3.65. The lowest BCUT2D eigenvalue weighted by atomic mass is 10.1. The highest BCUT2D eigenvalue weighted by Crippen LogP contribution is 2.31. The molecule has 5 nitrogen and oxygen atoms in total. The van der Waals surface area contributed by atoms with Crippen molar-refractivity contribution in [1.82, 2.24) is 4.72 Å². The van der Waals surface area contributed by atoms with Gasteiger partial charge in [-0.25, -0.2) is 0 Å². The second-order valence-corrected chi connectivity index (χ2v) is 5.32. The van der Waals surface area contributed by atoms with E-state index >= 15 is 0 Å². The van der Waals surface area contributed by atoms with Gasteiger partial charge in [0.05, 0.1) is 11.3 Å². The molecule has 1 aliphatic rings. The first-order valence-corrected chi connectivity index (χ1v) is 6.74. The van der Waals surface area contributed by atoms with Gasteiger partial charge in [-0.3, -0.25) is 9.01 Å². The summed E-state index contributed by atoms with van der Waals surface area (Å²) in [7, 11) is 0. The quantitative estimate of drug-likeness (QED) is 0.928. The Morgan fingerprint density at radius 3 is 2.94 bits per heavy atom. The number of oxime groups is 1. The zero-order valence-corrected chi connectivity index (χ0v) is 11.1. The van der Waals surface area contributed by atoms with E-state index in [0.717, 1.165) is 10.9 Å². The highest BCUT2D eigenvalue weighted by Gasteiger charge is 2.18. The third-order valence-corrected chi connectivity index (χ3v) is 3.56. The molecule has 2 heterocycles. The minimum absolute atomic E-state index is 0.398. The van der Waals surface area contributed by atoms with Crippen molar-refractivity contribution in [3.63, 3.8) is 0 Å². The number of furan rings is 1. The number of amidine groups is 1. The Labute approximate surface area is 114 Å². The molecule has 0 saturated heterocycles. The predicted molar refractivity (Wildman–Crippen MR) is 69.7 cm³/mol. The lowest BCUT2D eigenvalue weighted by Gasteiger charge is -1.98. The van der Waals surface area contributed by atoms with Crippen LogP contribution in [0.5, 0.6) is 0 Å². The smallest absolute Gasteiger partial charge is 0.338 e. The summed E-state index contributed by atoms with van der Waals surface area (Å²) in [6.45, 7) is 0. The Morgan fingerprint density at radius 2 is 2.22 bits per heavy atom. The summed E-state index contributed by atoms with van der Waals surface area (Å²) in [5.41, 5.74) is 1.40. The number of fused-ring (bicyclic) bond motifs is 1. The van der Waals surface area contributed by atoms with Crippen molar-refractivity contribution in [3.05, 3.63) is 34.0 Å². The maximum Gasteiger partial charge on any atom is 0.338 e. The SMILES string of the molecule is O=S1NC(Cc2coc3c(Cl)cc(Cl)cc23)=NO1. The van der Waals surface area contributed by atoms with E-state index in [9.17, 15) is 4.21 Å². The molecule has 1 aliphatic heterocycles. The molecular weight excluding hydrogens is 299 g/mol. The maximum atomic E-state index is 11.0. The van der Waals surface area contributed by atoms with Crippen LogP contribution in [0.2, 0.25) is 10.0 Å². The van der Waals surface area contributed by atoms with Crippen LogP contribution in [-0.2, 0) is 22.0 Å². The topological polar surface area (TPSA) is 63.8 Å². The number of hydrogen-bond acceptors (Lipinski definition) is 4. The zero-order valence-electron chi connectivity index (χ0n) is 8.78. The van der Waals surface area contributed by atoms with Gasteiger partial charge in [-0.15, -0.1) is 0 Å². The summed E-state index contributed by atoms with van der Waals surface area (Å²) in [4.78, 5) is 0. The first-order chi connectivity index (χ1) is 8.63. The molecule has 18 heavy (non-hydrogen) atoms. The monoisotopic (exact) mass is 304 g/mol. The van der Waals surface area contributed by atoms with Gasteiger partial charge < -0.3 is 4.42 Å². The van der Waals surface area contributed by atoms with Crippen LogP contribution in [0.4, 0.5) is 0 Å². The highest BCUT2D eigenvalue weighted by molar-refractivity contribution is 7.79. The Bertz CT molecular complexity index is 683. The number of halogens is 2. The van der Waals surface area contributed by atoms with E-state index in [1.807, 2.05) is 0 Å². The summed E-state index contributed by atoms with van der Waals surface area (Å²) >= 11 is 10.4. The Balaban J connectivity index is 2.00. The Hall–Kier alpha value is -1.24. The zero-order chi connectivity index (χ0) is 12.7. The third-order valence-electron chi connectivity index (χ3n) is 2.45. The van der Waals surface area contributed by atoms with Crippen molar-refractivity contribution in [2.24, 2.45) is 5.16 Å². The van der Waals surface area contributed by atoms with Gasteiger partial charge in [-0.2, -0.15) is 4.21 Å². The van der Waals surface area contributed by atoms with E-state index in [1.54, 1.807) is 18.4 Å². The summed E-state index contributed by atoms with van der Waals surface area (Å²) in [5.74, 6) is 0.465. The lowest BCUT2D eigenvalue weighted by Crippen LogP contribution is -2.20. The fraction of sp³-hybridized carbons (Fsp3) is 0.100. The summed E-state index contributed by atoms with van der Waals surface area (Å²) in [6, 6.07) is 3.37. The summed E-state index contributed by atoms with van der Waals surface area (Å²) < 4.78 is 23.5. The number of nitrogens with zero attached hydrogens (tertiary/aromatic N) is 1. The molecule has 1 aromatic carbocycles. The standard InChI is InChI=1S/C10H6Cl2N2O3S/c11-6-2-7-5(1-9-13-17-18(15)14-9)4-16-10(7)8(12)3-6/h2-4H,1H2,(H,13,14). The number of benzene rings is 1. The molecule has 1 N–H and O–H groups in total. The van der Waals surface area contributed by atoms with Crippen LogP contribution in [0, 0.1) is 0 Å². The van der Waals surface area contributed by atoms with Crippen LogP contribution in [-0.4, -0.2) is 10.0 Å². The first-order valence-electron chi connectivity index (χ1n) is 4.91. The molecule has 1 aromatic heterocycles. The van der Waals surface area contributed by atoms with Gasteiger partial charge in [-0.1, -0.05) is 28.4 Å². The molecule has 1 atom stereocenters. The molecule has 0 fully saturated rings. The van der Waals surface area contributed by atoms with E-state index < -0.39 is 11.3 Å². The van der Waals surface area contributed by atoms with E-state index in [-0.39, 0.29) is 0 Å². The van der Waals surface area contributed by atoms with Gasteiger partial charge in [0.15, 0.2) is 11.4 Å². The maximum absolute atomic E-state index is 11.0. The minimum atomic E-state index is -1.59. The molecule has 0 radical (unpaired) electrons.